The maximum absolute atomic E-state index is 13.9. The summed E-state index contributed by atoms with van der Waals surface area (Å²) in [5, 5.41) is 0. The van der Waals surface area contributed by atoms with E-state index in [-0.39, 0.29) is 23.6 Å². The maximum atomic E-state index is 13.9. The molecule has 1 amide bonds. The normalized spacial score (nSPS) is 20.7. The van der Waals surface area contributed by atoms with E-state index in [1.54, 1.807) is 12.0 Å². The van der Waals surface area contributed by atoms with E-state index in [2.05, 4.69) is 4.98 Å². The summed E-state index contributed by atoms with van der Waals surface area (Å²) in [5.41, 5.74) is 1.20. The zero-order valence-electron chi connectivity index (χ0n) is 13.0. The van der Waals surface area contributed by atoms with Crippen LogP contribution in [0.5, 0.6) is 0 Å². The molecule has 0 spiro atoms. The minimum atomic E-state index is -0.586. The molecule has 2 heterocycles. The van der Waals surface area contributed by atoms with Gasteiger partial charge in [-0.25, -0.2) is 4.39 Å². The first-order chi connectivity index (χ1) is 11.2. The maximum Gasteiger partial charge on any atom is 0.257 e. The second-order valence-corrected chi connectivity index (χ2v) is 5.67. The van der Waals surface area contributed by atoms with E-state index in [1.165, 1.54) is 12.3 Å². The van der Waals surface area contributed by atoms with Crippen molar-refractivity contribution in [3.05, 3.63) is 65.7 Å². The van der Waals surface area contributed by atoms with Crippen molar-refractivity contribution < 1.29 is 13.9 Å². The molecule has 0 bridgehead atoms. The monoisotopic (exact) mass is 314 g/mol. The molecular formula is C18H19FN2O2. The number of rotatable bonds is 4. The molecule has 2 atom stereocenters. The molecule has 0 N–H and O–H groups in total. The Morgan fingerprint density at radius 3 is 2.83 bits per heavy atom. The van der Waals surface area contributed by atoms with Crippen LogP contribution in [0.25, 0.3) is 0 Å². The number of aromatic nitrogens is 1. The third kappa shape index (κ3) is 3.24. The molecule has 0 radical (unpaired) electrons. The van der Waals surface area contributed by atoms with Crippen molar-refractivity contribution in [1.82, 2.24) is 9.88 Å². The van der Waals surface area contributed by atoms with Crippen LogP contribution in [0, 0.1) is 5.82 Å². The number of amides is 1. The highest BCUT2D eigenvalue weighted by molar-refractivity contribution is 5.94. The van der Waals surface area contributed by atoms with E-state index in [0.29, 0.717) is 13.0 Å². The van der Waals surface area contributed by atoms with Crippen LogP contribution in [-0.2, 0) is 11.2 Å². The average molecular weight is 314 g/mol. The van der Waals surface area contributed by atoms with Crippen molar-refractivity contribution in [2.45, 2.75) is 25.0 Å². The zero-order chi connectivity index (χ0) is 16.2. The van der Waals surface area contributed by atoms with Gasteiger partial charge < -0.3 is 9.64 Å². The molecule has 23 heavy (non-hydrogen) atoms. The minimum Gasteiger partial charge on any atom is -0.379 e. The Morgan fingerprint density at radius 2 is 2.13 bits per heavy atom. The number of likely N-dealkylation sites (tertiary alicyclic amines) is 1. The lowest BCUT2D eigenvalue weighted by Gasteiger charge is -2.28. The molecule has 5 heteroatoms. The van der Waals surface area contributed by atoms with E-state index >= 15 is 0 Å². The van der Waals surface area contributed by atoms with Gasteiger partial charge in [0.25, 0.3) is 5.91 Å². The fourth-order valence-corrected chi connectivity index (χ4v) is 3.15. The predicted molar refractivity (Wildman–Crippen MR) is 84.6 cm³/mol. The first-order valence-corrected chi connectivity index (χ1v) is 7.68. The number of benzene rings is 1. The Kier molecular flexibility index (Phi) is 4.67. The number of hydrogen-bond acceptors (Lipinski definition) is 3. The fraction of sp³-hybridized carbons (Fsp3) is 0.333. The average Bonchev–Trinajstić information content (AvgIpc) is 2.98. The summed E-state index contributed by atoms with van der Waals surface area (Å²) in [7, 11) is 1.66. The molecule has 1 aliphatic rings. The molecule has 0 unspecified atom stereocenters. The van der Waals surface area contributed by atoms with Crippen LogP contribution >= 0.6 is 0 Å². The van der Waals surface area contributed by atoms with Gasteiger partial charge in [-0.2, -0.15) is 0 Å². The molecule has 3 rings (SSSR count). The molecule has 120 valence electrons. The Hall–Kier alpha value is -2.27. The summed E-state index contributed by atoms with van der Waals surface area (Å²) in [6, 6.07) is 11.3. The number of hydrogen-bond donors (Lipinski definition) is 0. The molecule has 1 fully saturated rings. The summed E-state index contributed by atoms with van der Waals surface area (Å²) in [6.45, 7) is 0.566. The lowest BCUT2D eigenvalue weighted by Crippen LogP contribution is -2.42. The predicted octanol–water partition coefficient (Wildman–Crippen LogP) is 2.69. The van der Waals surface area contributed by atoms with E-state index in [9.17, 15) is 9.18 Å². The molecule has 1 aliphatic heterocycles. The lowest BCUT2D eigenvalue weighted by atomic mass is 10.0. The van der Waals surface area contributed by atoms with Crippen LogP contribution in [-0.4, -0.2) is 41.6 Å². The largest absolute Gasteiger partial charge is 0.379 e. The Labute approximate surface area is 134 Å². The van der Waals surface area contributed by atoms with Crippen LogP contribution in [0.2, 0.25) is 0 Å². The highest BCUT2D eigenvalue weighted by Crippen LogP contribution is 2.26. The number of carbonyl (C=O) groups is 1. The number of pyridine rings is 1. The van der Waals surface area contributed by atoms with Crippen LogP contribution in [0.15, 0.2) is 48.8 Å². The molecule has 1 saturated heterocycles. The van der Waals surface area contributed by atoms with Gasteiger partial charge >= 0.3 is 0 Å². The van der Waals surface area contributed by atoms with E-state index in [4.69, 9.17) is 4.74 Å². The van der Waals surface area contributed by atoms with Gasteiger partial charge in [0, 0.05) is 19.9 Å². The number of nitrogens with zero attached hydrogens (tertiary/aromatic N) is 2. The van der Waals surface area contributed by atoms with Crippen molar-refractivity contribution in [2.75, 3.05) is 13.7 Å². The van der Waals surface area contributed by atoms with Crippen molar-refractivity contribution in [3.63, 3.8) is 0 Å². The summed E-state index contributed by atoms with van der Waals surface area (Å²) in [4.78, 5) is 18.2. The van der Waals surface area contributed by atoms with E-state index in [1.807, 2.05) is 30.3 Å². The molecule has 2 aromatic rings. The third-order valence-corrected chi connectivity index (χ3v) is 4.34. The van der Waals surface area contributed by atoms with Gasteiger partial charge in [0.1, 0.15) is 0 Å². The van der Waals surface area contributed by atoms with Crippen LogP contribution in [0.4, 0.5) is 4.39 Å². The van der Waals surface area contributed by atoms with E-state index in [0.717, 1.165) is 18.2 Å². The molecular weight excluding hydrogens is 295 g/mol. The summed E-state index contributed by atoms with van der Waals surface area (Å²) < 4.78 is 19.4. The van der Waals surface area contributed by atoms with Gasteiger partial charge in [0.2, 0.25) is 0 Å². The van der Waals surface area contributed by atoms with Gasteiger partial charge in [0.05, 0.1) is 23.9 Å². The van der Waals surface area contributed by atoms with Gasteiger partial charge in [-0.3, -0.25) is 9.78 Å². The third-order valence-electron chi connectivity index (χ3n) is 4.34. The second kappa shape index (κ2) is 6.87. The van der Waals surface area contributed by atoms with Crippen molar-refractivity contribution in [1.29, 1.82) is 0 Å². The number of ether oxygens (including phenoxy) is 1. The highest BCUT2D eigenvalue weighted by atomic mass is 19.1. The minimum absolute atomic E-state index is 0.0379. The molecule has 0 aliphatic carbocycles. The molecule has 1 aromatic heterocycles. The summed E-state index contributed by atoms with van der Waals surface area (Å²) in [5.74, 6) is -0.887. The van der Waals surface area contributed by atoms with Gasteiger partial charge in [-0.05, 0) is 24.5 Å². The molecule has 1 aromatic carbocycles. The van der Waals surface area contributed by atoms with E-state index < -0.39 is 5.82 Å². The summed E-state index contributed by atoms with van der Waals surface area (Å²) in [6.07, 6.45) is 3.92. The Morgan fingerprint density at radius 1 is 1.35 bits per heavy atom. The van der Waals surface area contributed by atoms with Gasteiger partial charge in [0.15, 0.2) is 5.82 Å². The SMILES string of the molecule is CO[C@H]1CCN(C(=O)c2ccncc2F)[C@H]1Cc1ccccc1. The number of carbonyl (C=O) groups excluding carboxylic acids is 1. The van der Waals surface area contributed by atoms with Crippen LogP contribution in [0.1, 0.15) is 22.3 Å². The van der Waals surface area contributed by atoms with Crippen molar-refractivity contribution in [2.24, 2.45) is 0 Å². The smallest absolute Gasteiger partial charge is 0.257 e. The first kappa shape index (κ1) is 15.6. The second-order valence-electron chi connectivity index (χ2n) is 5.67. The van der Waals surface area contributed by atoms with Gasteiger partial charge in [-0.15, -0.1) is 0 Å². The van der Waals surface area contributed by atoms with Crippen molar-refractivity contribution in [3.8, 4) is 0 Å². The number of methoxy groups -OCH3 is 1. The zero-order valence-corrected chi connectivity index (χ0v) is 13.0. The number of halogens is 1. The Balaban J connectivity index is 1.85. The standard InChI is InChI=1S/C18H19FN2O2/c1-23-17-8-10-21(16(17)11-13-5-3-2-4-6-13)18(22)14-7-9-20-12-15(14)19/h2-7,9,12,16-17H,8,10-11H2,1H3/t16-,17-/m0/s1. The highest BCUT2D eigenvalue weighted by Gasteiger charge is 2.38. The molecule has 4 nitrogen and oxygen atoms in total. The van der Waals surface area contributed by atoms with Crippen LogP contribution < -0.4 is 0 Å². The first-order valence-electron chi connectivity index (χ1n) is 7.68. The van der Waals surface area contributed by atoms with Crippen molar-refractivity contribution >= 4 is 5.91 Å². The summed E-state index contributed by atoms with van der Waals surface area (Å²) >= 11 is 0. The topological polar surface area (TPSA) is 42.4 Å². The Bertz CT molecular complexity index is 678. The van der Waals surface area contributed by atoms with Gasteiger partial charge in [-0.1, -0.05) is 30.3 Å². The van der Waals surface area contributed by atoms with Crippen LogP contribution in [0.3, 0.4) is 0 Å². The fourth-order valence-electron chi connectivity index (χ4n) is 3.15. The molecule has 0 saturated carbocycles. The lowest BCUT2D eigenvalue weighted by molar-refractivity contribution is 0.0505. The quantitative estimate of drug-likeness (QED) is 0.871.